The van der Waals surface area contributed by atoms with Crippen molar-refractivity contribution in [1.82, 2.24) is 4.90 Å². The second-order valence-corrected chi connectivity index (χ2v) is 6.23. The minimum Gasteiger partial charge on any atom is -0.409 e. The first-order valence-electron chi connectivity index (χ1n) is 5.11. The molecular formula is C9H19N3O4S. The van der Waals surface area contributed by atoms with Gasteiger partial charge in [-0.2, -0.15) is 0 Å². The van der Waals surface area contributed by atoms with Gasteiger partial charge in [0.05, 0.1) is 0 Å². The minimum absolute atomic E-state index is 0.00260. The molecule has 0 heterocycles. The Morgan fingerprint density at radius 3 is 2.35 bits per heavy atom. The molecule has 7 nitrogen and oxygen atoms in total. The molecule has 0 aliphatic carbocycles. The van der Waals surface area contributed by atoms with Gasteiger partial charge in [-0.25, -0.2) is 8.42 Å². The monoisotopic (exact) mass is 265 g/mol. The van der Waals surface area contributed by atoms with Crippen LogP contribution in [0.4, 0.5) is 0 Å². The van der Waals surface area contributed by atoms with Gasteiger partial charge < -0.3 is 15.8 Å². The summed E-state index contributed by atoms with van der Waals surface area (Å²) in [4.78, 5) is 13.1. The van der Waals surface area contributed by atoms with Gasteiger partial charge in [0, 0.05) is 25.3 Å². The zero-order chi connectivity index (χ0) is 13.6. The maximum Gasteiger partial charge on any atom is 0.237 e. The molecule has 100 valence electrons. The molecule has 0 bridgehead atoms. The van der Waals surface area contributed by atoms with E-state index in [1.165, 1.54) is 4.90 Å². The molecule has 8 heteroatoms. The molecule has 0 saturated heterocycles. The highest BCUT2D eigenvalue weighted by atomic mass is 32.2. The van der Waals surface area contributed by atoms with Gasteiger partial charge in [0.15, 0.2) is 9.84 Å². The van der Waals surface area contributed by atoms with Crippen LogP contribution in [0.2, 0.25) is 0 Å². The molecule has 0 aliphatic rings. The SMILES string of the molecule is CC(C)N(CCC(N)=NO)C(=O)CS(C)(=O)=O. The van der Waals surface area contributed by atoms with E-state index in [0.29, 0.717) is 0 Å². The van der Waals surface area contributed by atoms with Gasteiger partial charge in [-0.3, -0.25) is 4.79 Å². The Morgan fingerprint density at radius 1 is 1.47 bits per heavy atom. The Morgan fingerprint density at radius 2 is 2.00 bits per heavy atom. The number of nitrogens with two attached hydrogens (primary N) is 1. The first kappa shape index (κ1) is 15.7. The van der Waals surface area contributed by atoms with Crippen molar-refractivity contribution in [1.29, 1.82) is 0 Å². The van der Waals surface area contributed by atoms with E-state index in [9.17, 15) is 13.2 Å². The van der Waals surface area contributed by atoms with Crippen LogP contribution in [-0.4, -0.2) is 54.9 Å². The van der Waals surface area contributed by atoms with Gasteiger partial charge in [0.1, 0.15) is 11.6 Å². The van der Waals surface area contributed by atoms with Crippen LogP contribution in [0.1, 0.15) is 20.3 Å². The highest BCUT2D eigenvalue weighted by Crippen LogP contribution is 2.02. The van der Waals surface area contributed by atoms with Crippen molar-refractivity contribution in [3.8, 4) is 0 Å². The molecule has 0 aromatic carbocycles. The summed E-state index contributed by atoms with van der Waals surface area (Å²) in [7, 11) is -3.35. The van der Waals surface area contributed by atoms with E-state index in [-0.39, 0.29) is 24.8 Å². The molecule has 0 unspecified atom stereocenters. The number of oxime groups is 1. The fourth-order valence-electron chi connectivity index (χ4n) is 1.26. The van der Waals surface area contributed by atoms with E-state index in [1.54, 1.807) is 13.8 Å². The zero-order valence-corrected chi connectivity index (χ0v) is 11.1. The summed E-state index contributed by atoms with van der Waals surface area (Å²) in [5, 5.41) is 11.2. The molecule has 0 aromatic rings. The lowest BCUT2D eigenvalue weighted by Crippen LogP contribution is -2.42. The summed E-state index contributed by atoms with van der Waals surface area (Å²) >= 11 is 0. The van der Waals surface area contributed by atoms with E-state index in [2.05, 4.69) is 5.16 Å². The van der Waals surface area contributed by atoms with Crippen LogP contribution in [0.25, 0.3) is 0 Å². The molecule has 0 saturated carbocycles. The summed E-state index contributed by atoms with van der Waals surface area (Å²) in [6.07, 6.45) is 1.21. The first-order chi connectivity index (χ1) is 7.67. The maximum absolute atomic E-state index is 11.7. The van der Waals surface area contributed by atoms with Crippen LogP contribution >= 0.6 is 0 Å². The van der Waals surface area contributed by atoms with E-state index in [0.717, 1.165) is 6.26 Å². The van der Waals surface area contributed by atoms with Crippen molar-refractivity contribution >= 4 is 21.6 Å². The zero-order valence-electron chi connectivity index (χ0n) is 10.3. The Labute approximate surface area is 101 Å². The lowest BCUT2D eigenvalue weighted by Gasteiger charge is -2.26. The quantitative estimate of drug-likeness (QED) is 0.288. The Hall–Kier alpha value is -1.31. The molecule has 0 spiro atoms. The predicted molar refractivity (Wildman–Crippen MR) is 64.6 cm³/mol. The number of nitrogens with zero attached hydrogens (tertiary/aromatic N) is 2. The van der Waals surface area contributed by atoms with Gasteiger partial charge in [0.2, 0.25) is 5.91 Å². The van der Waals surface area contributed by atoms with Crippen LogP contribution < -0.4 is 5.73 Å². The number of amidine groups is 1. The Balaban J connectivity index is 4.59. The Kier molecular flexibility index (Phi) is 5.94. The molecule has 0 aliphatic heterocycles. The van der Waals surface area contributed by atoms with Gasteiger partial charge in [-0.05, 0) is 13.8 Å². The molecule has 0 rings (SSSR count). The average molecular weight is 265 g/mol. The second kappa shape index (κ2) is 6.43. The minimum atomic E-state index is -3.35. The highest BCUT2D eigenvalue weighted by Gasteiger charge is 2.20. The van der Waals surface area contributed by atoms with Crippen LogP contribution in [0.3, 0.4) is 0 Å². The summed E-state index contributed by atoms with van der Waals surface area (Å²) < 4.78 is 22.1. The van der Waals surface area contributed by atoms with Crippen molar-refractivity contribution in [2.24, 2.45) is 10.9 Å². The normalized spacial score (nSPS) is 12.8. The van der Waals surface area contributed by atoms with E-state index >= 15 is 0 Å². The van der Waals surface area contributed by atoms with Gasteiger partial charge >= 0.3 is 0 Å². The average Bonchev–Trinajstić information content (AvgIpc) is 2.14. The van der Waals surface area contributed by atoms with Crippen LogP contribution in [0, 0.1) is 0 Å². The third-order valence-corrected chi connectivity index (χ3v) is 2.84. The Bertz CT molecular complexity index is 389. The number of sulfone groups is 1. The molecule has 3 N–H and O–H groups in total. The molecule has 0 fully saturated rings. The van der Waals surface area contributed by atoms with Gasteiger partial charge in [0.25, 0.3) is 0 Å². The number of carbonyl (C=O) groups excluding carboxylic acids is 1. The predicted octanol–water partition coefficient (Wildman–Crippen LogP) is -0.595. The first-order valence-corrected chi connectivity index (χ1v) is 7.17. The van der Waals surface area contributed by atoms with Crippen molar-refractivity contribution < 1.29 is 18.4 Å². The van der Waals surface area contributed by atoms with Crippen LogP contribution in [0.5, 0.6) is 0 Å². The van der Waals surface area contributed by atoms with Gasteiger partial charge in [-0.1, -0.05) is 5.16 Å². The smallest absolute Gasteiger partial charge is 0.237 e. The van der Waals surface area contributed by atoms with E-state index < -0.39 is 21.5 Å². The molecule has 1 amide bonds. The van der Waals surface area contributed by atoms with Gasteiger partial charge in [-0.15, -0.1) is 0 Å². The largest absolute Gasteiger partial charge is 0.409 e. The summed E-state index contributed by atoms with van der Waals surface area (Å²) in [5.41, 5.74) is 5.29. The van der Waals surface area contributed by atoms with Crippen molar-refractivity contribution in [2.45, 2.75) is 26.3 Å². The number of amides is 1. The second-order valence-electron chi connectivity index (χ2n) is 4.09. The van der Waals surface area contributed by atoms with E-state index in [1.807, 2.05) is 0 Å². The van der Waals surface area contributed by atoms with Crippen LogP contribution in [0.15, 0.2) is 5.16 Å². The van der Waals surface area contributed by atoms with Crippen molar-refractivity contribution in [3.63, 3.8) is 0 Å². The summed E-state index contributed by atoms with van der Waals surface area (Å²) in [6, 6.07) is -0.143. The van der Waals surface area contributed by atoms with E-state index in [4.69, 9.17) is 10.9 Å². The van der Waals surface area contributed by atoms with Crippen molar-refractivity contribution in [2.75, 3.05) is 18.6 Å². The topological polar surface area (TPSA) is 113 Å². The maximum atomic E-state index is 11.7. The lowest BCUT2D eigenvalue weighted by atomic mass is 10.2. The fourth-order valence-corrected chi connectivity index (χ4v) is 1.88. The molecule has 0 aromatic heterocycles. The fraction of sp³-hybridized carbons (Fsp3) is 0.778. The molecule has 0 atom stereocenters. The summed E-state index contributed by atoms with van der Waals surface area (Å²) in [5.74, 6) is -1.00. The summed E-state index contributed by atoms with van der Waals surface area (Å²) in [6.45, 7) is 3.76. The molecular weight excluding hydrogens is 246 g/mol. The number of hydrogen-bond acceptors (Lipinski definition) is 5. The number of hydrogen-bond donors (Lipinski definition) is 2. The third-order valence-electron chi connectivity index (χ3n) is 2.07. The number of carbonyl (C=O) groups is 1. The van der Waals surface area contributed by atoms with Crippen molar-refractivity contribution in [3.05, 3.63) is 0 Å². The number of rotatable bonds is 6. The molecule has 17 heavy (non-hydrogen) atoms. The van der Waals surface area contributed by atoms with Crippen LogP contribution in [-0.2, 0) is 14.6 Å². The third kappa shape index (κ3) is 6.77. The standard InChI is InChI=1S/C9H19N3O4S/c1-7(2)12(5-4-8(10)11-14)9(13)6-17(3,15)16/h7,14H,4-6H2,1-3H3,(H2,10,11). The molecule has 0 radical (unpaired) electrons. The lowest BCUT2D eigenvalue weighted by molar-refractivity contribution is -0.129. The highest BCUT2D eigenvalue weighted by molar-refractivity contribution is 7.91.